The fourth-order valence-corrected chi connectivity index (χ4v) is 4.27. The molecule has 0 bridgehead atoms. The highest BCUT2D eigenvalue weighted by Gasteiger charge is 2.64. The lowest BCUT2D eigenvalue weighted by Crippen LogP contribution is -2.47. The van der Waals surface area contributed by atoms with Crippen LogP contribution in [-0.4, -0.2) is 46.4 Å². The number of nitrogens with zero attached hydrogens (tertiary/aromatic N) is 1. The fourth-order valence-electron chi connectivity index (χ4n) is 4.01. The summed E-state index contributed by atoms with van der Waals surface area (Å²) < 4.78 is 6.68. The number of carboxylic acid groups (broad SMARTS) is 1. The number of hydrogen-bond acceptors (Lipinski definition) is 4. The van der Waals surface area contributed by atoms with Crippen LogP contribution >= 0.6 is 15.9 Å². The number of carbonyl (C=O) groups is 3. The first-order valence-electron chi connectivity index (χ1n) is 9.62. The predicted octanol–water partition coefficient (Wildman–Crippen LogP) is 3.44. The minimum absolute atomic E-state index is 0.0435. The predicted molar refractivity (Wildman–Crippen MR) is 112 cm³/mol. The van der Waals surface area contributed by atoms with E-state index in [2.05, 4.69) is 21.2 Å². The Morgan fingerprint density at radius 3 is 2.30 bits per heavy atom. The van der Waals surface area contributed by atoms with Crippen LogP contribution in [-0.2, 0) is 9.59 Å². The topological polar surface area (TPSA) is 95.9 Å². The van der Waals surface area contributed by atoms with Crippen molar-refractivity contribution >= 4 is 33.7 Å². The van der Waals surface area contributed by atoms with Crippen LogP contribution in [0.4, 0.5) is 0 Å². The third kappa shape index (κ3) is 4.05. The van der Waals surface area contributed by atoms with Crippen LogP contribution in [0.5, 0.6) is 11.5 Å². The van der Waals surface area contributed by atoms with Gasteiger partial charge in [0.1, 0.15) is 17.5 Å². The maximum atomic E-state index is 12.6. The number of likely N-dealkylation sites (tertiary alicyclic amines) is 1. The first-order chi connectivity index (χ1) is 14.3. The molecule has 2 aromatic rings. The van der Waals surface area contributed by atoms with Crippen molar-refractivity contribution in [2.45, 2.75) is 31.8 Å². The van der Waals surface area contributed by atoms with Gasteiger partial charge in [-0.25, -0.2) is 4.79 Å². The maximum absolute atomic E-state index is 12.6. The first kappa shape index (κ1) is 20.4. The summed E-state index contributed by atoms with van der Waals surface area (Å²) in [6.07, 6.45) is 1.28. The average molecular weight is 473 g/mol. The van der Waals surface area contributed by atoms with Crippen LogP contribution < -0.4 is 10.1 Å². The highest BCUT2D eigenvalue weighted by atomic mass is 79.9. The number of nitrogens with one attached hydrogen (secondary N) is 1. The van der Waals surface area contributed by atoms with E-state index in [9.17, 15) is 19.5 Å². The van der Waals surface area contributed by atoms with Gasteiger partial charge >= 0.3 is 5.97 Å². The van der Waals surface area contributed by atoms with Gasteiger partial charge in [0.25, 0.3) is 5.91 Å². The summed E-state index contributed by atoms with van der Waals surface area (Å²) in [6, 6.07) is 13.1. The Morgan fingerprint density at radius 2 is 1.70 bits per heavy atom. The van der Waals surface area contributed by atoms with Gasteiger partial charge in [0.15, 0.2) is 0 Å². The number of hydrogen-bond donors (Lipinski definition) is 2. The van der Waals surface area contributed by atoms with Crippen molar-refractivity contribution in [3.8, 4) is 11.5 Å². The molecule has 3 atom stereocenters. The van der Waals surface area contributed by atoms with E-state index in [1.165, 1.54) is 4.90 Å². The van der Waals surface area contributed by atoms with Gasteiger partial charge in [0.2, 0.25) is 5.91 Å². The average Bonchev–Trinajstić information content (AvgIpc) is 3.28. The Labute approximate surface area is 182 Å². The third-order valence-electron chi connectivity index (χ3n) is 5.77. The zero-order valence-corrected chi connectivity index (χ0v) is 17.9. The van der Waals surface area contributed by atoms with E-state index in [1.54, 1.807) is 24.3 Å². The molecule has 30 heavy (non-hydrogen) atoms. The number of ether oxygens (including phenoxy) is 1. The van der Waals surface area contributed by atoms with Gasteiger partial charge in [-0.05, 0) is 66.8 Å². The number of carbonyl (C=O) groups excluding carboxylic acids is 2. The monoisotopic (exact) mass is 472 g/mol. The van der Waals surface area contributed by atoms with Gasteiger partial charge in [0, 0.05) is 16.1 Å². The van der Waals surface area contributed by atoms with Crippen molar-refractivity contribution in [2.24, 2.45) is 5.41 Å². The van der Waals surface area contributed by atoms with Crippen LogP contribution in [0.2, 0.25) is 0 Å². The Kier molecular flexibility index (Phi) is 5.27. The molecule has 4 rings (SSSR count). The molecule has 2 aromatic carbocycles. The quantitative estimate of drug-likeness (QED) is 0.671. The van der Waals surface area contributed by atoms with Gasteiger partial charge in [-0.3, -0.25) is 9.59 Å². The molecule has 0 spiro atoms. The maximum Gasteiger partial charge on any atom is 0.326 e. The van der Waals surface area contributed by atoms with Crippen molar-refractivity contribution in [3.05, 3.63) is 58.6 Å². The molecule has 2 fully saturated rings. The number of piperidine rings is 1. The molecule has 1 aliphatic carbocycles. The van der Waals surface area contributed by atoms with Crippen LogP contribution in [0.15, 0.2) is 53.0 Å². The van der Waals surface area contributed by atoms with Crippen molar-refractivity contribution in [1.82, 2.24) is 10.2 Å². The second kappa shape index (κ2) is 7.75. The van der Waals surface area contributed by atoms with Crippen molar-refractivity contribution in [1.29, 1.82) is 0 Å². The number of amides is 2. The molecule has 1 saturated heterocycles. The summed E-state index contributed by atoms with van der Waals surface area (Å²) >= 11 is 3.37. The first-order valence-corrected chi connectivity index (χ1v) is 10.4. The molecule has 2 amide bonds. The van der Waals surface area contributed by atoms with Crippen molar-refractivity contribution in [3.63, 3.8) is 0 Å². The molecule has 1 aliphatic heterocycles. The minimum atomic E-state index is -0.996. The minimum Gasteiger partial charge on any atom is -0.480 e. The van der Waals surface area contributed by atoms with Crippen LogP contribution in [0.3, 0.4) is 0 Å². The number of benzene rings is 2. The molecule has 2 aliphatic rings. The zero-order valence-electron chi connectivity index (χ0n) is 16.3. The lowest BCUT2D eigenvalue weighted by molar-refractivity contribution is -0.149. The van der Waals surface area contributed by atoms with Gasteiger partial charge in [-0.1, -0.05) is 22.9 Å². The molecule has 156 valence electrons. The molecule has 1 heterocycles. The van der Waals surface area contributed by atoms with Gasteiger partial charge < -0.3 is 20.1 Å². The number of fused-ring (bicyclic) bond motifs is 1. The van der Waals surface area contributed by atoms with Crippen LogP contribution in [0.1, 0.15) is 30.1 Å². The molecule has 0 unspecified atom stereocenters. The molecule has 8 heteroatoms. The van der Waals surface area contributed by atoms with Crippen molar-refractivity contribution in [2.75, 3.05) is 6.54 Å². The van der Waals surface area contributed by atoms with Gasteiger partial charge in [0.05, 0.1) is 6.54 Å². The number of rotatable bonds is 6. The number of carboxylic acids is 1. The van der Waals surface area contributed by atoms with E-state index >= 15 is 0 Å². The summed E-state index contributed by atoms with van der Waals surface area (Å²) in [6.45, 7) is 1.77. The van der Waals surface area contributed by atoms with Gasteiger partial charge in [-0.2, -0.15) is 0 Å². The van der Waals surface area contributed by atoms with E-state index in [0.717, 1.165) is 10.9 Å². The lowest BCUT2D eigenvalue weighted by Gasteiger charge is -2.24. The SMILES string of the molecule is C[C@@]12C[C@@H]1N(C(=O)CNC(=O)c1ccc(Oc3ccc(Br)cc3)cc1)[C@H](C(=O)O)C2. The Morgan fingerprint density at radius 1 is 1.10 bits per heavy atom. The van der Waals surface area contributed by atoms with Crippen LogP contribution in [0, 0.1) is 5.41 Å². The van der Waals surface area contributed by atoms with Crippen LogP contribution in [0.25, 0.3) is 0 Å². The molecule has 2 N–H and O–H groups in total. The highest BCUT2D eigenvalue weighted by Crippen LogP contribution is 2.59. The molecule has 1 saturated carbocycles. The fraction of sp³-hybridized carbons (Fsp3) is 0.318. The number of aliphatic carboxylic acids is 1. The van der Waals surface area contributed by atoms with Crippen molar-refractivity contribution < 1.29 is 24.2 Å². The third-order valence-corrected chi connectivity index (χ3v) is 6.30. The summed E-state index contributed by atoms with van der Waals surface area (Å²) in [5.41, 5.74) is 0.284. The Bertz CT molecular complexity index is 992. The van der Waals surface area contributed by atoms with E-state index in [-0.39, 0.29) is 23.9 Å². The number of halogens is 1. The molecular formula is C22H21BrN2O5. The summed E-state index contributed by atoms with van der Waals surface area (Å²) in [7, 11) is 0. The smallest absolute Gasteiger partial charge is 0.326 e. The lowest BCUT2D eigenvalue weighted by atomic mass is 10.0. The Balaban J connectivity index is 1.33. The Hall–Kier alpha value is -2.87. The largest absolute Gasteiger partial charge is 0.480 e. The standard InChI is InChI=1S/C22H21BrN2O5/c1-22-10-17(21(28)29)25(18(22)11-22)19(26)12-24-20(27)13-2-6-15(7-3-13)30-16-8-4-14(23)5-9-16/h2-9,17-18H,10-12H2,1H3,(H,24,27)(H,28,29)/t17-,18-,22+/m0/s1. The van der Waals surface area contributed by atoms with E-state index in [1.807, 2.05) is 31.2 Å². The second-order valence-corrected chi connectivity index (χ2v) is 8.91. The molecular weight excluding hydrogens is 452 g/mol. The summed E-state index contributed by atoms with van der Waals surface area (Å²) in [5, 5.41) is 12.0. The van der Waals surface area contributed by atoms with Gasteiger partial charge in [-0.15, -0.1) is 0 Å². The molecule has 7 nitrogen and oxygen atoms in total. The molecule has 0 radical (unpaired) electrons. The van der Waals surface area contributed by atoms with E-state index in [4.69, 9.17) is 4.74 Å². The highest BCUT2D eigenvalue weighted by molar-refractivity contribution is 9.10. The normalized spacial score (nSPS) is 24.1. The zero-order chi connectivity index (χ0) is 21.5. The summed E-state index contributed by atoms with van der Waals surface area (Å²) in [4.78, 5) is 37.9. The van der Waals surface area contributed by atoms with E-state index < -0.39 is 17.9 Å². The second-order valence-electron chi connectivity index (χ2n) is 8.00. The summed E-state index contributed by atoms with van der Waals surface area (Å²) in [5.74, 6) is -0.504. The van der Waals surface area contributed by atoms with E-state index in [0.29, 0.717) is 23.5 Å². The molecule has 0 aromatic heterocycles.